The molecule has 1 heterocycles. The van der Waals surface area contributed by atoms with Crippen molar-refractivity contribution in [2.45, 2.75) is 25.6 Å². The van der Waals surface area contributed by atoms with Crippen molar-refractivity contribution >= 4 is 11.8 Å². The van der Waals surface area contributed by atoms with Crippen molar-refractivity contribution in [3.63, 3.8) is 0 Å². The number of methoxy groups -OCH3 is 1. The molecule has 0 saturated carbocycles. The Balaban J connectivity index is 1.60. The number of piperidine rings is 1. The van der Waals surface area contributed by atoms with E-state index in [0.717, 1.165) is 23.4 Å². The summed E-state index contributed by atoms with van der Waals surface area (Å²) in [4.78, 5) is 26.7. The van der Waals surface area contributed by atoms with Crippen LogP contribution in [0, 0.1) is 5.92 Å². The van der Waals surface area contributed by atoms with E-state index >= 15 is 0 Å². The van der Waals surface area contributed by atoms with E-state index in [2.05, 4.69) is 5.32 Å². The third-order valence-corrected chi connectivity index (χ3v) is 5.14. The van der Waals surface area contributed by atoms with E-state index in [1.54, 1.807) is 19.2 Å². The second-order valence-electron chi connectivity index (χ2n) is 7.23. The van der Waals surface area contributed by atoms with Crippen molar-refractivity contribution in [2.75, 3.05) is 20.2 Å². The van der Waals surface area contributed by atoms with E-state index < -0.39 is 23.6 Å². The minimum atomic E-state index is -4.51. The topological polar surface area (TPSA) is 58.6 Å². The van der Waals surface area contributed by atoms with Gasteiger partial charge >= 0.3 is 6.18 Å². The summed E-state index contributed by atoms with van der Waals surface area (Å²) < 4.78 is 43.9. The van der Waals surface area contributed by atoms with Gasteiger partial charge in [0.15, 0.2) is 0 Å². The molecule has 5 nitrogen and oxygen atoms in total. The molecule has 1 atom stereocenters. The number of carbonyl (C=O) groups excluding carboxylic acids is 2. The Morgan fingerprint density at radius 2 is 1.90 bits per heavy atom. The van der Waals surface area contributed by atoms with Crippen LogP contribution < -0.4 is 10.1 Å². The number of nitrogens with zero attached hydrogens (tertiary/aromatic N) is 1. The molecule has 0 aliphatic carbocycles. The molecule has 1 unspecified atom stereocenters. The molecular formula is C22H23F3N2O3. The van der Waals surface area contributed by atoms with E-state index in [4.69, 9.17) is 4.74 Å². The van der Waals surface area contributed by atoms with Crippen LogP contribution in [0.5, 0.6) is 5.75 Å². The van der Waals surface area contributed by atoms with Gasteiger partial charge in [-0.2, -0.15) is 13.2 Å². The van der Waals surface area contributed by atoms with Crippen LogP contribution in [0.3, 0.4) is 0 Å². The molecule has 1 aliphatic heterocycles. The Morgan fingerprint density at radius 3 is 2.57 bits per heavy atom. The van der Waals surface area contributed by atoms with E-state index in [1.807, 2.05) is 12.1 Å². The van der Waals surface area contributed by atoms with Crippen molar-refractivity contribution in [1.29, 1.82) is 0 Å². The van der Waals surface area contributed by atoms with E-state index in [0.29, 0.717) is 25.9 Å². The van der Waals surface area contributed by atoms with Crippen LogP contribution in [-0.4, -0.2) is 36.9 Å². The van der Waals surface area contributed by atoms with Crippen LogP contribution in [0.15, 0.2) is 48.5 Å². The average molecular weight is 420 g/mol. The summed E-state index contributed by atoms with van der Waals surface area (Å²) in [5.74, 6) is -0.339. The van der Waals surface area contributed by atoms with Gasteiger partial charge in [-0.05, 0) is 48.7 Å². The first kappa shape index (κ1) is 21.7. The highest BCUT2D eigenvalue weighted by atomic mass is 19.4. The predicted octanol–water partition coefficient (Wildman–Crippen LogP) is 3.88. The second kappa shape index (κ2) is 9.19. The zero-order valence-electron chi connectivity index (χ0n) is 16.5. The van der Waals surface area contributed by atoms with Gasteiger partial charge in [-0.15, -0.1) is 0 Å². The van der Waals surface area contributed by atoms with Crippen molar-refractivity contribution in [3.05, 3.63) is 65.2 Å². The van der Waals surface area contributed by atoms with Gasteiger partial charge in [0, 0.05) is 25.2 Å². The van der Waals surface area contributed by atoms with Gasteiger partial charge in [0.2, 0.25) is 5.91 Å². The summed E-state index contributed by atoms with van der Waals surface area (Å²) in [6, 6.07) is 11.7. The Bertz CT molecular complexity index is 897. The maximum Gasteiger partial charge on any atom is 0.416 e. The fourth-order valence-corrected chi connectivity index (χ4v) is 3.46. The zero-order chi connectivity index (χ0) is 21.7. The van der Waals surface area contributed by atoms with Crippen LogP contribution in [0.4, 0.5) is 13.2 Å². The molecule has 2 aromatic rings. The fourth-order valence-electron chi connectivity index (χ4n) is 3.46. The molecule has 1 fully saturated rings. The molecule has 2 aromatic carbocycles. The first-order chi connectivity index (χ1) is 14.3. The molecule has 1 aliphatic rings. The molecule has 30 heavy (non-hydrogen) atoms. The van der Waals surface area contributed by atoms with Gasteiger partial charge in [0.1, 0.15) is 5.75 Å². The maximum absolute atomic E-state index is 12.9. The minimum absolute atomic E-state index is 0.0240. The summed E-state index contributed by atoms with van der Waals surface area (Å²) in [5.41, 5.74) is 0.0279. The van der Waals surface area contributed by atoms with Gasteiger partial charge in [0.25, 0.3) is 5.91 Å². The summed E-state index contributed by atoms with van der Waals surface area (Å²) >= 11 is 0. The number of amides is 2. The van der Waals surface area contributed by atoms with Crippen LogP contribution in [0.25, 0.3) is 0 Å². The SMILES string of the molecule is COc1ccc(CNC(=O)C2CCCN(C(=O)c3cccc(C(F)(F)F)c3)C2)cc1. The minimum Gasteiger partial charge on any atom is -0.497 e. The number of nitrogens with one attached hydrogen (secondary N) is 1. The number of rotatable bonds is 5. The fraction of sp³-hybridized carbons (Fsp3) is 0.364. The van der Waals surface area contributed by atoms with Gasteiger partial charge in [0.05, 0.1) is 18.6 Å². The molecule has 0 radical (unpaired) electrons. The summed E-state index contributed by atoms with van der Waals surface area (Å²) in [5, 5.41) is 2.87. The Kier molecular flexibility index (Phi) is 6.64. The number of halogens is 3. The zero-order valence-corrected chi connectivity index (χ0v) is 16.5. The summed E-state index contributed by atoms with van der Waals surface area (Å²) in [6.07, 6.45) is -3.27. The van der Waals surface area contributed by atoms with Gasteiger partial charge in [-0.1, -0.05) is 18.2 Å². The smallest absolute Gasteiger partial charge is 0.416 e. The van der Waals surface area contributed by atoms with Crippen LogP contribution in [0.2, 0.25) is 0 Å². The second-order valence-corrected chi connectivity index (χ2v) is 7.23. The molecule has 0 bridgehead atoms. The van der Waals surface area contributed by atoms with Crippen LogP contribution in [0.1, 0.15) is 34.3 Å². The normalized spacial score (nSPS) is 16.8. The highest BCUT2D eigenvalue weighted by molar-refractivity contribution is 5.95. The Morgan fingerprint density at radius 1 is 1.17 bits per heavy atom. The molecule has 1 N–H and O–H groups in total. The number of hydrogen-bond donors (Lipinski definition) is 1. The third-order valence-electron chi connectivity index (χ3n) is 5.14. The van der Waals surface area contributed by atoms with Crippen molar-refractivity contribution in [2.24, 2.45) is 5.92 Å². The highest BCUT2D eigenvalue weighted by Crippen LogP contribution is 2.30. The van der Waals surface area contributed by atoms with E-state index in [1.165, 1.54) is 17.0 Å². The summed E-state index contributed by atoms with van der Waals surface area (Å²) in [7, 11) is 1.58. The van der Waals surface area contributed by atoms with Gasteiger partial charge < -0.3 is 15.0 Å². The first-order valence-electron chi connectivity index (χ1n) is 9.65. The monoisotopic (exact) mass is 420 g/mol. The van der Waals surface area contributed by atoms with E-state index in [9.17, 15) is 22.8 Å². The molecular weight excluding hydrogens is 397 g/mol. The number of benzene rings is 2. The number of hydrogen-bond acceptors (Lipinski definition) is 3. The van der Waals surface area contributed by atoms with Crippen molar-refractivity contribution in [3.8, 4) is 5.75 Å². The lowest BCUT2D eigenvalue weighted by Crippen LogP contribution is -2.45. The number of ether oxygens (including phenoxy) is 1. The Labute approximate surface area is 172 Å². The largest absolute Gasteiger partial charge is 0.497 e. The standard InChI is InChI=1S/C22H23F3N2O3/c1-30-19-9-7-15(8-10-19)13-26-20(28)17-5-3-11-27(14-17)21(29)16-4-2-6-18(12-16)22(23,24)25/h2,4,6-10,12,17H,3,5,11,13-14H2,1H3,(H,26,28). The Hall–Kier alpha value is -3.03. The lowest BCUT2D eigenvalue weighted by Gasteiger charge is -2.32. The number of carbonyl (C=O) groups is 2. The quantitative estimate of drug-likeness (QED) is 0.799. The molecule has 2 amide bonds. The molecule has 160 valence electrons. The van der Waals surface area contributed by atoms with Crippen molar-refractivity contribution in [1.82, 2.24) is 10.2 Å². The molecule has 8 heteroatoms. The van der Waals surface area contributed by atoms with E-state index in [-0.39, 0.29) is 18.0 Å². The predicted molar refractivity (Wildman–Crippen MR) is 105 cm³/mol. The molecule has 0 aromatic heterocycles. The highest BCUT2D eigenvalue weighted by Gasteiger charge is 2.33. The van der Waals surface area contributed by atoms with Gasteiger partial charge in [-0.25, -0.2) is 0 Å². The number of alkyl halides is 3. The van der Waals surface area contributed by atoms with Crippen LogP contribution in [-0.2, 0) is 17.5 Å². The number of likely N-dealkylation sites (tertiary alicyclic amines) is 1. The molecule has 0 spiro atoms. The maximum atomic E-state index is 12.9. The molecule has 3 rings (SSSR count). The average Bonchev–Trinajstić information content (AvgIpc) is 2.77. The lowest BCUT2D eigenvalue weighted by atomic mass is 9.96. The first-order valence-corrected chi connectivity index (χ1v) is 9.65. The lowest BCUT2D eigenvalue weighted by molar-refractivity contribution is -0.137. The summed E-state index contributed by atoms with van der Waals surface area (Å²) in [6.45, 7) is 0.946. The van der Waals surface area contributed by atoms with Crippen molar-refractivity contribution < 1.29 is 27.5 Å². The van der Waals surface area contributed by atoms with Crippen LogP contribution >= 0.6 is 0 Å². The third kappa shape index (κ3) is 5.31. The molecule has 1 saturated heterocycles. The van der Waals surface area contributed by atoms with Gasteiger partial charge in [-0.3, -0.25) is 9.59 Å².